The molecule has 122 valence electrons. The summed E-state index contributed by atoms with van der Waals surface area (Å²) in [4.78, 5) is 20.4. The maximum Gasteiger partial charge on any atom is 0.348 e. The van der Waals surface area contributed by atoms with Crippen LogP contribution < -0.4 is 5.63 Å². The Bertz CT molecular complexity index is 1130. The fourth-order valence-corrected chi connectivity index (χ4v) is 2.48. The Morgan fingerprint density at radius 3 is 2.88 bits per heavy atom. The first-order chi connectivity index (χ1) is 12.2. The van der Waals surface area contributed by atoms with E-state index in [0.29, 0.717) is 22.5 Å². The number of fused-ring (bicyclic) bond motifs is 1. The molecule has 25 heavy (non-hydrogen) atoms. The number of aromatic nitrogens is 3. The summed E-state index contributed by atoms with van der Waals surface area (Å²) in [6, 6.07) is 14.0. The van der Waals surface area contributed by atoms with Crippen LogP contribution in [0.15, 0.2) is 69.1 Å². The second kappa shape index (κ2) is 6.04. The highest BCUT2D eigenvalue weighted by molar-refractivity contribution is 5.94. The van der Waals surface area contributed by atoms with Gasteiger partial charge in [0.25, 0.3) is 0 Å². The molecular weight excluding hydrogens is 320 g/mol. The van der Waals surface area contributed by atoms with Crippen LogP contribution >= 0.6 is 0 Å². The highest BCUT2D eigenvalue weighted by atomic mass is 16.4. The Morgan fingerprint density at radius 2 is 2.04 bits per heavy atom. The maximum absolute atomic E-state index is 12.1. The standard InChI is InChI=1S/C18H12N4O3/c23-16-13-6-1-2-7-15(13)25-18(24)14(16)9-19-12-5-3-4-11(8-12)17-20-10-21-22-17/h1-10,23H,(H,20,21,22). The lowest BCUT2D eigenvalue weighted by atomic mass is 10.1. The van der Waals surface area contributed by atoms with Crippen molar-refractivity contribution in [3.05, 3.63) is 70.8 Å². The van der Waals surface area contributed by atoms with E-state index >= 15 is 0 Å². The molecular formula is C18H12N4O3. The number of para-hydroxylation sites is 1. The highest BCUT2D eigenvalue weighted by Crippen LogP contribution is 2.26. The SMILES string of the molecule is O=c1oc2ccccc2c(O)c1C=Nc1cccc(-c2ncn[nH]2)c1. The molecule has 0 bridgehead atoms. The molecule has 0 aliphatic heterocycles. The largest absolute Gasteiger partial charge is 0.506 e. The molecule has 2 aromatic carbocycles. The minimum absolute atomic E-state index is 0.00349. The molecule has 0 atom stereocenters. The van der Waals surface area contributed by atoms with Crippen LogP contribution in [0.25, 0.3) is 22.4 Å². The van der Waals surface area contributed by atoms with Gasteiger partial charge in [-0.25, -0.2) is 9.78 Å². The first kappa shape index (κ1) is 14.8. The van der Waals surface area contributed by atoms with Crippen molar-refractivity contribution in [2.75, 3.05) is 0 Å². The van der Waals surface area contributed by atoms with Crippen LogP contribution in [-0.4, -0.2) is 26.5 Å². The number of H-pyrrole nitrogens is 1. The number of benzene rings is 2. The van der Waals surface area contributed by atoms with E-state index in [1.54, 1.807) is 36.4 Å². The summed E-state index contributed by atoms with van der Waals surface area (Å²) >= 11 is 0. The molecule has 0 radical (unpaired) electrons. The normalized spacial score (nSPS) is 11.4. The highest BCUT2D eigenvalue weighted by Gasteiger charge is 2.11. The third kappa shape index (κ3) is 2.78. The molecule has 2 N–H and O–H groups in total. The van der Waals surface area contributed by atoms with Crippen LogP contribution in [0.1, 0.15) is 5.56 Å². The summed E-state index contributed by atoms with van der Waals surface area (Å²) < 4.78 is 5.21. The first-order valence-corrected chi connectivity index (χ1v) is 7.47. The zero-order valence-electron chi connectivity index (χ0n) is 12.9. The summed E-state index contributed by atoms with van der Waals surface area (Å²) in [6.45, 7) is 0. The molecule has 0 fully saturated rings. The Labute approximate surface area is 141 Å². The third-order valence-electron chi connectivity index (χ3n) is 3.70. The van der Waals surface area contributed by atoms with Gasteiger partial charge in [0.05, 0.1) is 11.1 Å². The summed E-state index contributed by atoms with van der Waals surface area (Å²) in [5.74, 6) is 0.465. The van der Waals surface area contributed by atoms with E-state index in [0.717, 1.165) is 5.56 Å². The molecule has 0 spiro atoms. The van der Waals surface area contributed by atoms with Crippen molar-refractivity contribution in [2.45, 2.75) is 0 Å². The van der Waals surface area contributed by atoms with Gasteiger partial charge >= 0.3 is 5.63 Å². The Hall–Kier alpha value is -3.74. The quantitative estimate of drug-likeness (QED) is 0.443. The average Bonchev–Trinajstić information content (AvgIpc) is 3.16. The molecule has 2 aromatic heterocycles. The van der Waals surface area contributed by atoms with Crippen LogP contribution in [0.4, 0.5) is 5.69 Å². The molecule has 0 saturated heterocycles. The van der Waals surface area contributed by atoms with E-state index < -0.39 is 5.63 Å². The number of nitrogens with zero attached hydrogens (tertiary/aromatic N) is 3. The topological polar surface area (TPSA) is 104 Å². The van der Waals surface area contributed by atoms with E-state index in [1.165, 1.54) is 12.5 Å². The van der Waals surface area contributed by atoms with Crippen molar-refractivity contribution in [1.82, 2.24) is 15.2 Å². The second-order valence-corrected chi connectivity index (χ2v) is 5.29. The zero-order chi connectivity index (χ0) is 17.2. The summed E-state index contributed by atoms with van der Waals surface area (Å²) in [5.41, 5.74) is 1.09. The monoisotopic (exact) mass is 332 g/mol. The number of aromatic hydroxyl groups is 1. The molecule has 0 aliphatic rings. The van der Waals surface area contributed by atoms with Crippen LogP contribution in [-0.2, 0) is 0 Å². The van der Waals surface area contributed by atoms with Crippen molar-refractivity contribution in [3.63, 3.8) is 0 Å². The van der Waals surface area contributed by atoms with E-state index in [4.69, 9.17) is 4.42 Å². The van der Waals surface area contributed by atoms with Crippen molar-refractivity contribution < 1.29 is 9.52 Å². The Morgan fingerprint density at radius 1 is 1.16 bits per heavy atom. The van der Waals surface area contributed by atoms with Gasteiger partial charge in [0.2, 0.25) is 0 Å². The van der Waals surface area contributed by atoms with Gasteiger partial charge in [-0.2, -0.15) is 5.10 Å². The molecule has 0 unspecified atom stereocenters. The fraction of sp³-hybridized carbons (Fsp3) is 0. The third-order valence-corrected chi connectivity index (χ3v) is 3.70. The lowest BCUT2D eigenvalue weighted by molar-refractivity contribution is 0.466. The number of rotatable bonds is 3. The molecule has 2 heterocycles. The van der Waals surface area contributed by atoms with E-state index in [2.05, 4.69) is 20.2 Å². The average molecular weight is 332 g/mol. The summed E-state index contributed by atoms with van der Waals surface area (Å²) in [7, 11) is 0. The molecule has 7 nitrogen and oxygen atoms in total. The molecule has 0 saturated carbocycles. The van der Waals surface area contributed by atoms with Crippen LogP contribution in [0.5, 0.6) is 5.75 Å². The zero-order valence-corrected chi connectivity index (χ0v) is 12.9. The van der Waals surface area contributed by atoms with Gasteiger partial charge in [-0.1, -0.05) is 24.3 Å². The minimum atomic E-state index is -0.647. The molecule has 7 heteroatoms. The van der Waals surface area contributed by atoms with Gasteiger partial charge < -0.3 is 9.52 Å². The predicted octanol–water partition coefficient (Wildman–Crippen LogP) is 3.03. The molecule has 0 amide bonds. The van der Waals surface area contributed by atoms with E-state index in [-0.39, 0.29) is 11.3 Å². The number of aliphatic imine (C=N–C) groups is 1. The van der Waals surface area contributed by atoms with Crippen LogP contribution in [0.2, 0.25) is 0 Å². The smallest absolute Gasteiger partial charge is 0.348 e. The van der Waals surface area contributed by atoms with Crippen LogP contribution in [0.3, 0.4) is 0 Å². The van der Waals surface area contributed by atoms with E-state index in [1.807, 2.05) is 12.1 Å². The molecule has 4 rings (SSSR count). The molecule has 0 aliphatic carbocycles. The first-order valence-electron chi connectivity index (χ1n) is 7.47. The van der Waals surface area contributed by atoms with Crippen molar-refractivity contribution in [3.8, 4) is 17.1 Å². The van der Waals surface area contributed by atoms with E-state index in [9.17, 15) is 9.90 Å². The van der Waals surface area contributed by atoms with Gasteiger partial charge in [0, 0.05) is 11.8 Å². The summed E-state index contributed by atoms with van der Waals surface area (Å²) in [6.07, 6.45) is 2.72. The van der Waals surface area contributed by atoms with Gasteiger partial charge in [-0.05, 0) is 24.3 Å². The number of hydrogen-bond donors (Lipinski definition) is 2. The number of hydrogen-bond acceptors (Lipinski definition) is 6. The Balaban J connectivity index is 1.74. The Kier molecular flexibility index (Phi) is 3.59. The minimum Gasteiger partial charge on any atom is -0.506 e. The number of aromatic amines is 1. The van der Waals surface area contributed by atoms with Crippen LogP contribution in [0, 0.1) is 0 Å². The van der Waals surface area contributed by atoms with Crippen molar-refractivity contribution >= 4 is 22.9 Å². The maximum atomic E-state index is 12.1. The number of nitrogens with one attached hydrogen (secondary N) is 1. The second-order valence-electron chi connectivity index (χ2n) is 5.29. The fourth-order valence-electron chi connectivity index (χ4n) is 2.48. The van der Waals surface area contributed by atoms with Gasteiger partial charge in [0.15, 0.2) is 5.82 Å². The van der Waals surface area contributed by atoms with Gasteiger partial charge in [-0.3, -0.25) is 10.1 Å². The lowest BCUT2D eigenvalue weighted by Gasteiger charge is -2.02. The van der Waals surface area contributed by atoms with Gasteiger partial charge in [0.1, 0.15) is 23.2 Å². The van der Waals surface area contributed by atoms with Crippen molar-refractivity contribution in [2.24, 2.45) is 4.99 Å². The molecule has 4 aromatic rings. The predicted molar refractivity (Wildman–Crippen MR) is 93.2 cm³/mol. The van der Waals surface area contributed by atoms with Gasteiger partial charge in [-0.15, -0.1) is 0 Å². The van der Waals surface area contributed by atoms with Crippen molar-refractivity contribution in [1.29, 1.82) is 0 Å². The summed E-state index contributed by atoms with van der Waals surface area (Å²) in [5, 5.41) is 17.4. The lowest BCUT2D eigenvalue weighted by Crippen LogP contribution is -2.06.